The number of carbonyl (C=O) groups excluding carboxylic acids is 1. The lowest BCUT2D eigenvalue weighted by atomic mass is 10.2. The van der Waals surface area contributed by atoms with E-state index in [0.29, 0.717) is 0 Å². The zero-order valence-electron chi connectivity index (χ0n) is 10.2. The van der Waals surface area contributed by atoms with E-state index in [1.54, 1.807) is 0 Å². The molecule has 2 heterocycles. The molecule has 0 aromatic carbocycles. The fraction of sp³-hybridized carbons (Fsp3) is 0.182. The van der Waals surface area contributed by atoms with E-state index in [1.807, 2.05) is 5.32 Å². The Morgan fingerprint density at radius 1 is 1.50 bits per heavy atom. The zero-order chi connectivity index (χ0) is 14.9. The molecule has 0 saturated heterocycles. The second-order valence-electron chi connectivity index (χ2n) is 3.72. The molecule has 0 aliphatic heterocycles. The van der Waals surface area contributed by atoms with E-state index in [2.05, 4.69) is 0 Å². The van der Waals surface area contributed by atoms with Gasteiger partial charge in [0.2, 0.25) is 0 Å². The lowest BCUT2D eigenvalue weighted by molar-refractivity contribution is -0.135. The highest BCUT2D eigenvalue weighted by Crippen LogP contribution is 2.26. The highest BCUT2D eigenvalue weighted by Gasteiger charge is 2.24. The predicted molar refractivity (Wildman–Crippen MR) is 64.6 cm³/mol. The number of amides is 1. The Morgan fingerprint density at radius 2 is 2.20 bits per heavy atom. The van der Waals surface area contributed by atoms with Crippen molar-refractivity contribution >= 4 is 23.0 Å². The second kappa shape index (κ2) is 4.96. The molecule has 0 atom stereocenters. The Balaban J connectivity index is 2.60. The van der Waals surface area contributed by atoms with Crippen LogP contribution in [0.4, 0.5) is 0 Å². The van der Waals surface area contributed by atoms with Crippen LogP contribution in [0.2, 0.25) is 0 Å². The van der Waals surface area contributed by atoms with Crippen LogP contribution in [0.25, 0.3) is 11.1 Å². The van der Waals surface area contributed by atoms with Crippen LogP contribution in [-0.2, 0) is 4.79 Å². The number of aromatic nitrogens is 1. The topological polar surface area (TPSA) is 131 Å². The van der Waals surface area contributed by atoms with Crippen LogP contribution in [0.1, 0.15) is 10.4 Å². The summed E-state index contributed by atoms with van der Waals surface area (Å²) in [7, 11) is 1.20. The van der Waals surface area contributed by atoms with Crippen LogP contribution in [0.15, 0.2) is 21.5 Å². The molecule has 1 amide bonds. The number of aliphatic carboxylic acids is 1. The molecule has 0 bridgehead atoms. The molecule has 0 radical (unpaired) electrons. The number of furan rings is 1. The molecule has 2 aromatic heterocycles. The van der Waals surface area contributed by atoms with E-state index in [-0.39, 0.29) is 11.1 Å². The summed E-state index contributed by atoms with van der Waals surface area (Å²) in [6, 6.07) is 1.37. The minimum Gasteiger partial charge on any atom is -0.503 e. The number of pyridine rings is 1. The van der Waals surface area contributed by atoms with E-state index >= 15 is 0 Å². The standard InChI is InChI=1S/C11H10N2O7/c1-19-13-5-2-3-20-9(5)8(16)7(11(13)18)10(17)12-4-6(14)15/h2-3,16H,4H2,1H3,(H,12,17)(H,14,15). The van der Waals surface area contributed by atoms with Gasteiger partial charge >= 0.3 is 5.97 Å². The maximum atomic E-state index is 12.0. The summed E-state index contributed by atoms with van der Waals surface area (Å²) in [5.74, 6) is -3.01. The van der Waals surface area contributed by atoms with Crippen LogP contribution >= 0.6 is 0 Å². The smallest absolute Gasteiger partial charge is 0.322 e. The van der Waals surface area contributed by atoms with Gasteiger partial charge in [0.25, 0.3) is 11.5 Å². The highest BCUT2D eigenvalue weighted by atomic mass is 16.7. The molecule has 20 heavy (non-hydrogen) atoms. The maximum absolute atomic E-state index is 12.0. The van der Waals surface area contributed by atoms with Gasteiger partial charge in [0.05, 0.1) is 6.26 Å². The normalized spacial score (nSPS) is 10.4. The van der Waals surface area contributed by atoms with Crippen molar-refractivity contribution in [3.63, 3.8) is 0 Å². The Labute approximate surface area is 110 Å². The molecule has 2 aromatic rings. The first-order chi connectivity index (χ1) is 9.47. The van der Waals surface area contributed by atoms with Gasteiger partial charge in [-0.1, -0.05) is 0 Å². The Hall–Kier alpha value is -2.97. The van der Waals surface area contributed by atoms with Crippen LogP contribution in [0, 0.1) is 0 Å². The average Bonchev–Trinajstić information content (AvgIpc) is 2.86. The van der Waals surface area contributed by atoms with E-state index in [0.717, 1.165) is 4.73 Å². The Bertz CT molecular complexity index is 743. The number of nitrogens with zero attached hydrogens (tertiary/aromatic N) is 1. The predicted octanol–water partition coefficient (Wildman–Crippen LogP) is -0.827. The lowest BCUT2D eigenvalue weighted by Gasteiger charge is -2.09. The zero-order valence-corrected chi connectivity index (χ0v) is 10.2. The van der Waals surface area contributed by atoms with Gasteiger partial charge in [0.1, 0.15) is 19.2 Å². The van der Waals surface area contributed by atoms with Crippen LogP contribution in [0.3, 0.4) is 0 Å². The van der Waals surface area contributed by atoms with Gasteiger partial charge in [-0.15, -0.1) is 4.73 Å². The minimum absolute atomic E-state index is 0.119. The molecule has 0 saturated carbocycles. The summed E-state index contributed by atoms with van der Waals surface area (Å²) < 4.78 is 5.73. The molecular formula is C11H10N2O7. The first kappa shape index (κ1) is 13.5. The molecule has 9 heteroatoms. The number of aromatic hydroxyl groups is 1. The molecule has 0 spiro atoms. The molecule has 0 aliphatic carbocycles. The van der Waals surface area contributed by atoms with Gasteiger partial charge in [-0.2, -0.15) is 0 Å². The fourth-order valence-corrected chi connectivity index (χ4v) is 1.70. The second-order valence-corrected chi connectivity index (χ2v) is 3.72. The van der Waals surface area contributed by atoms with E-state index in [1.165, 1.54) is 19.4 Å². The molecule has 0 unspecified atom stereocenters. The van der Waals surface area contributed by atoms with Gasteiger partial charge in [-0.3, -0.25) is 14.4 Å². The Kier molecular flexibility index (Phi) is 3.34. The third-order valence-electron chi connectivity index (χ3n) is 2.52. The van der Waals surface area contributed by atoms with Crippen molar-refractivity contribution in [3.05, 3.63) is 28.2 Å². The van der Waals surface area contributed by atoms with Gasteiger partial charge in [-0.05, 0) is 0 Å². The number of carboxylic acid groups (broad SMARTS) is 1. The number of nitrogens with one attached hydrogen (secondary N) is 1. The van der Waals surface area contributed by atoms with Gasteiger partial charge in [-0.25, -0.2) is 0 Å². The van der Waals surface area contributed by atoms with Crippen molar-refractivity contribution in [2.24, 2.45) is 0 Å². The molecule has 2 rings (SSSR count). The van der Waals surface area contributed by atoms with Gasteiger partial charge in [0.15, 0.2) is 16.9 Å². The number of hydrogen-bond acceptors (Lipinski definition) is 6. The third kappa shape index (κ3) is 2.05. The summed E-state index contributed by atoms with van der Waals surface area (Å²) in [5.41, 5.74) is -1.56. The monoisotopic (exact) mass is 282 g/mol. The quantitative estimate of drug-likeness (QED) is 0.667. The molecule has 0 aliphatic rings. The molecule has 106 valence electrons. The van der Waals surface area contributed by atoms with Crippen LogP contribution < -0.4 is 15.7 Å². The number of rotatable bonds is 4. The molecular weight excluding hydrogens is 272 g/mol. The summed E-state index contributed by atoms with van der Waals surface area (Å²) in [5, 5.41) is 20.4. The largest absolute Gasteiger partial charge is 0.503 e. The Morgan fingerprint density at radius 3 is 2.80 bits per heavy atom. The average molecular weight is 282 g/mol. The molecule has 0 fully saturated rings. The highest BCUT2D eigenvalue weighted by molar-refractivity contribution is 6.01. The summed E-state index contributed by atoms with van der Waals surface area (Å²) in [6.07, 6.45) is 1.21. The van der Waals surface area contributed by atoms with Gasteiger partial charge in [0, 0.05) is 6.07 Å². The van der Waals surface area contributed by atoms with Crippen molar-refractivity contribution in [1.82, 2.24) is 10.0 Å². The number of hydrogen-bond donors (Lipinski definition) is 3. The summed E-state index contributed by atoms with van der Waals surface area (Å²) >= 11 is 0. The summed E-state index contributed by atoms with van der Waals surface area (Å²) in [4.78, 5) is 39.0. The number of carbonyl (C=O) groups is 2. The van der Waals surface area contributed by atoms with E-state index in [4.69, 9.17) is 14.4 Å². The van der Waals surface area contributed by atoms with Crippen LogP contribution in [-0.4, -0.2) is 40.5 Å². The van der Waals surface area contributed by atoms with Crippen molar-refractivity contribution < 1.29 is 29.1 Å². The summed E-state index contributed by atoms with van der Waals surface area (Å²) in [6.45, 7) is -0.694. The third-order valence-corrected chi connectivity index (χ3v) is 2.52. The minimum atomic E-state index is -1.29. The molecule has 3 N–H and O–H groups in total. The van der Waals surface area contributed by atoms with Crippen molar-refractivity contribution in [3.8, 4) is 5.75 Å². The van der Waals surface area contributed by atoms with Crippen LogP contribution in [0.5, 0.6) is 5.75 Å². The van der Waals surface area contributed by atoms with E-state index in [9.17, 15) is 19.5 Å². The maximum Gasteiger partial charge on any atom is 0.322 e. The van der Waals surface area contributed by atoms with Gasteiger partial charge < -0.3 is 24.8 Å². The van der Waals surface area contributed by atoms with Crippen molar-refractivity contribution in [2.45, 2.75) is 0 Å². The lowest BCUT2D eigenvalue weighted by Crippen LogP contribution is -2.37. The molecule has 9 nitrogen and oxygen atoms in total. The van der Waals surface area contributed by atoms with Crippen molar-refractivity contribution in [1.29, 1.82) is 0 Å². The number of carboxylic acids is 1. The van der Waals surface area contributed by atoms with Crippen molar-refractivity contribution in [2.75, 3.05) is 13.7 Å². The van der Waals surface area contributed by atoms with E-state index < -0.39 is 35.3 Å². The fourth-order valence-electron chi connectivity index (χ4n) is 1.70. The SMILES string of the molecule is COn1c(=O)c(C(=O)NCC(=O)O)c(O)c2occc21. The first-order valence-electron chi connectivity index (χ1n) is 5.37. The number of fused-ring (bicyclic) bond motifs is 1. The first-order valence-corrected chi connectivity index (χ1v) is 5.37.